The van der Waals surface area contributed by atoms with E-state index in [0.717, 1.165) is 18.5 Å². The molecular weight excluding hydrogens is 513 g/mol. The number of carbonyl (C=O) groups excluding carboxylic acids is 1. The van der Waals surface area contributed by atoms with Gasteiger partial charge in [0.05, 0.1) is 17.1 Å². The van der Waals surface area contributed by atoms with Crippen LogP contribution in [0.2, 0.25) is 10.2 Å². The number of nitrogens with zero attached hydrogens (tertiary/aromatic N) is 3. The predicted octanol–water partition coefficient (Wildman–Crippen LogP) is 5.57. The number of carbonyl (C=O) groups is 1. The maximum Gasteiger partial charge on any atom is 0.257 e. The Kier molecular flexibility index (Phi) is 8.57. The molecule has 1 aromatic carbocycles. The van der Waals surface area contributed by atoms with Crippen molar-refractivity contribution in [2.75, 3.05) is 26.2 Å². The summed E-state index contributed by atoms with van der Waals surface area (Å²) in [6.07, 6.45) is 3.57. The van der Waals surface area contributed by atoms with Crippen molar-refractivity contribution in [1.29, 1.82) is 0 Å². The van der Waals surface area contributed by atoms with E-state index in [1.54, 1.807) is 11.0 Å². The van der Waals surface area contributed by atoms with Crippen LogP contribution in [0.1, 0.15) is 54.4 Å². The van der Waals surface area contributed by atoms with Crippen LogP contribution >= 0.6 is 23.2 Å². The van der Waals surface area contributed by atoms with Gasteiger partial charge in [0.2, 0.25) is 11.2 Å². The van der Waals surface area contributed by atoms with Gasteiger partial charge in [-0.3, -0.25) is 14.5 Å². The van der Waals surface area contributed by atoms with Gasteiger partial charge in [-0.1, -0.05) is 68.2 Å². The van der Waals surface area contributed by atoms with Gasteiger partial charge < -0.3 is 14.1 Å². The first kappa shape index (κ1) is 27.2. The first-order chi connectivity index (χ1) is 17.6. The summed E-state index contributed by atoms with van der Waals surface area (Å²) in [5.41, 5.74) is 2.39. The third kappa shape index (κ3) is 7.12. The molecule has 196 valence electrons. The molecule has 1 fully saturated rings. The largest absolute Gasteiger partial charge is 0.482 e. The van der Waals surface area contributed by atoms with Crippen molar-refractivity contribution < 1.29 is 13.9 Å². The highest BCUT2D eigenvalue weighted by molar-refractivity contribution is 6.34. The van der Waals surface area contributed by atoms with Crippen LogP contribution in [0.5, 0.6) is 5.75 Å². The number of hydrogen-bond donors (Lipinski definition) is 0. The third-order valence-electron chi connectivity index (χ3n) is 6.36. The highest BCUT2D eigenvalue weighted by Crippen LogP contribution is 2.23. The van der Waals surface area contributed by atoms with Crippen LogP contribution in [-0.2, 0) is 18.6 Å². The number of rotatable bonds is 6. The fourth-order valence-corrected chi connectivity index (χ4v) is 4.53. The summed E-state index contributed by atoms with van der Waals surface area (Å²) in [5.74, 6) is 0.542. The predicted molar refractivity (Wildman–Crippen MR) is 145 cm³/mol. The van der Waals surface area contributed by atoms with E-state index in [2.05, 4.69) is 42.8 Å². The van der Waals surface area contributed by atoms with Crippen LogP contribution in [0.4, 0.5) is 0 Å². The molecule has 0 spiro atoms. The summed E-state index contributed by atoms with van der Waals surface area (Å²) in [4.78, 5) is 33.4. The Hall–Kier alpha value is -2.87. The van der Waals surface area contributed by atoms with Gasteiger partial charge in [0.1, 0.15) is 23.8 Å². The van der Waals surface area contributed by atoms with E-state index in [1.165, 1.54) is 24.1 Å². The van der Waals surface area contributed by atoms with E-state index in [9.17, 15) is 9.59 Å². The first-order valence-electron chi connectivity index (χ1n) is 12.3. The van der Waals surface area contributed by atoms with Crippen molar-refractivity contribution in [3.8, 4) is 5.75 Å². The zero-order chi connectivity index (χ0) is 26.6. The lowest BCUT2D eigenvalue weighted by Crippen LogP contribution is -2.35. The van der Waals surface area contributed by atoms with Gasteiger partial charge >= 0.3 is 0 Å². The molecule has 9 heteroatoms. The molecule has 7 nitrogen and oxygen atoms in total. The van der Waals surface area contributed by atoms with Gasteiger partial charge in [-0.15, -0.1) is 0 Å². The van der Waals surface area contributed by atoms with Crippen molar-refractivity contribution >= 4 is 29.1 Å². The molecule has 0 unspecified atom stereocenters. The summed E-state index contributed by atoms with van der Waals surface area (Å²) >= 11 is 12.1. The monoisotopic (exact) mass is 543 g/mol. The molecule has 4 rings (SSSR count). The SMILES string of the molecule is CC(C)(C)c1ccc(COc2coc(CN3CCCN(C(=O)c4cc(Cl)cnc4Cl)CC3)cc2=O)cc1. The van der Waals surface area contributed by atoms with Gasteiger partial charge in [-0.25, -0.2) is 4.98 Å². The number of benzene rings is 1. The van der Waals surface area contributed by atoms with Gasteiger partial charge in [0.25, 0.3) is 5.91 Å². The second-order valence-electron chi connectivity index (χ2n) is 10.2. The lowest BCUT2D eigenvalue weighted by molar-refractivity contribution is 0.0760. The molecule has 0 bridgehead atoms. The van der Waals surface area contributed by atoms with Crippen molar-refractivity contribution in [1.82, 2.24) is 14.8 Å². The van der Waals surface area contributed by atoms with Crippen LogP contribution < -0.4 is 10.2 Å². The Morgan fingerprint density at radius 3 is 2.54 bits per heavy atom. The second-order valence-corrected chi connectivity index (χ2v) is 11.0. The second kappa shape index (κ2) is 11.7. The van der Waals surface area contributed by atoms with E-state index >= 15 is 0 Å². The number of aromatic nitrogens is 1. The molecule has 0 radical (unpaired) electrons. The topological polar surface area (TPSA) is 75.9 Å². The fourth-order valence-electron chi connectivity index (χ4n) is 4.18. The van der Waals surface area contributed by atoms with E-state index < -0.39 is 0 Å². The van der Waals surface area contributed by atoms with Crippen molar-refractivity contribution in [2.45, 2.75) is 45.8 Å². The van der Waals surface area contributed by atoms with Crippen LogP contribution in [0.25, 0.3) is 0 Å². The molecule has 1 amide bonds. The van der Waals surface area contributed by atoms with Crippen molar-refractivity contribution in [3.63, 3.8) is 0 Å². The molecular formula is C28H31Cl2N3O4. The minimum absolute atomic E-state index is 0.0822. The van der Waals surface area contributed by atoms with Crippen molar-refractivity contribution in [3.05, 3.63) is 91.7 Å². The molecule has 2 aromatic heterocycles. The average Bonchev–Trinajstić information content (AvgIpc) is 3.10. The van der Waals surface area contributed by atoms with Gasteiger partial charge in [-0.05, 0) is 29.0 Å². The standard InChI is InChI=1S/C28H31Cl2N3O4/c1-28(2,3)20-7-5-19(6-8-20)17-37-25-18-36-22(14-24(25)34)16-32-9-4-10-33(12-11-32)27(35)23-13-21(29)15-31-26(23)30/h5-8,13-15,18H,4,9-12,16-17H2,1-3H3. The van der Waals surface area contributed by atoms with Gasteiger partial charge in [0, 0.05) is 38.4 Å². The highest BCUT2D eigenvalue weighted by atomic mass is 35.5. The minimum atomic E-state index is -0.220. The van der Waals surface area contributed by atoms with Gasteiger partial charge in [-0.2, -0.15) is 0 Å². The Balaban J connectivity index is 1.32. The molecule has 0 N–H and O–H groups in total. The Bertz CT molecular complexity index is 1300. The first-order valence-corrected chi connectivity index (χ1v) is 13.0. The zero-order valence-electron chi connectivity index (χ0n) is 21.3. The van der Waals surface area contributed by atoms with Crippen molar-refractivity contribution in [2.24, 2.45) is 0 Å². The highest BCUT2D eigenvalue weighted by Gasteiger charge is 2.23. The minimum Gasteiger partial charge on any atom is -0.482 e. The molecule has 0 aliphatic carbocycles. The Labute approximate surface area is 227 Å². The van der Waals surface area contributed by atoms with Gasteiger partial charge in [0.15, 0.2) is 0 Å². The van der Waals surface area contributed by atoms with Crippen LogP contribution in [0.15, 0.2) is 58.1 Å². The van der Waals surface area contributed by atoms with Crippen LogP contribution in [0.3, 0.4) is 0 Å². The molecule has 1 aliphatic heterocycles. The van der Waals surface area contributed by atoms with E-state index in [-0.39, 0.29) is 34.3 Å². The average molecular weight is 544 g/mol. The maximum atomic E-state index is 12.9. The third-order valence-corrected chi connectivity index (χ3v) is 6.87. The molecule has 1 aliphatic rings. The summed E-state index contributed by atoms with van der Waals surface area (Å²) in [5, 5.41) is 0.506. The van der Waals surface area contributed by atoms with Crippen LogP contribution in [-0.4, -0.2) is 46.9 Å². The zero-order valence-corrected chi connectivity index (χ0v) is 22.8. The fraction of sp³-hybridized carbons (Fsp3) is 0.393. The molecule has 1 saturated heterocycles. The van der Waals surface area contributed by atoms with Crippen LogP contribution in [0, 0.1) is 0 Å². The number of ether oxygens (including phenoxy) is 1. The quantitative estimate of drug-likeness (QED) is 0.378. The molecule has 0 atom stereocenters. The number of amides is 1. The lowest BCUT2D eigenvalue weighted by Gasteiger charge is -2.22. The summed E-state index contributed by atoms with van der Waals surface area (Å²) in [7, 11) is 0. The maximum absolute atomic E-state index is 12.9. The lowest BCUT2D eigenvalue weighted by atomic mass is 9.87. The number of halogens is 2. The molecule has 3 heterocycles. The molecule has 3 aromatic rings. The normalized spacial score (nSPS) is 14.9. The summed E-state index contributed by atoms with van der Waals surface area (Å²) < 4.78 is 11.4. The van der Waals surface area contributed by atoms with E-state index in [1.807, 2.05) is 12.1 Å². The number of hydrogen-bond acceptors (Lipinski definition) is 6. The summed E-state index contributed by atoms with van der Waals surface area (Å²) in [6.45, 7) is 9.75. The Morgan fingerprint density at radius 1 is 1.08 bits per heavy atom. The van der Waals surface area contributed by atoms with E-state index in [0.29, 0.717) is 42.5 Å². The number of pyridine rings is 1. The smallest absolute Gasteiger partial charge is 0.257 e. The Morgan fingerprint density at radius 2 is 1.84 bits per heavy atom. The summed E-state index contributed by atoms with van der Waals surface area (Å²) in [6, 6.07) is 11.2. The molecule has 0 saturated carbocycles. The van der Waals surface area contributed by atoms with E-state index in [4.69, 9.17) is 32.4 Å². The molecule has 37 heavy (non-hydrogen) atoms.